The molecule has 0 amide bonds. The van der Waals surface area contributed by atoms with Crippen LogP contribution in [0.2, 0.25) is 0 Å². The van der Waals surface area contributed by atoms with E-state index in [0.717, 1.165) is 13.1 Å². The molecule has 0 atom stereocenters. The van der Waals surface area contributed by atoms with Crippen LogP contribution in [0.15, 0.2) is 18.3 Å². The minimum Gasteiger partial charge on any atom is -0.659 e. The van der Waals surface area contributed by atoms with Crippen LogP contribution >= 0.6 is 0 Å². The first-order valence-electron chi connectivity index (χ1n) is 3.98. The number of hydrogen-bond donors (Lipinski definition) is 0. The molecule has 0 unspecified atom stereocenters. The predicted octanol–water partition coefficient (Wildman–Crippen LogP) is 2.07. The molecule has 0 N–H and O–H groups in total. The molecule has 0 aliphatic heterocycles. The van der Waals surface area contributed by atoms with Crippen LogP contribution in [0.25, 0.3) is 5.32 Å². The summed E-state index contributed by atoms with van der Waals surface area (Å²) in [5, 5.41) is 4.36. The summed E-state index contributed by atoms with van der Waals surface area (Å²) < 4.78 is 2.02. The van der Waals surface area contributed by atoms with Crippen molar-refractivity contribution < 1.29 is 32.7 Å². The second-order valence-corrected chi connectivity index (χ2v) is 2.83. The molecule has 0 aliphatic carbocycles. The molecule has 65 valence electrons. The van der Waals surface area contributed by atoms with E-state index >= 15 is 0 Å². The summed E-state index contributed by atoms with van der Waals surface area (Å²) in [6, 6.07) is 4.34. The van der Waals surface area contributed by atoms with Crippen molar-refractivity contribution in [3.05, 3.63) is 29.8 Å². The summed E-state index contributed by atoms with van der Waals surface area (Å²) in [6.45, 7) is 6.03. The Kier molecular flexibility index (Phi) is 7.01. The van der Waals surface area contributed by atoms with Crippen molar-refractivity contribution in [2.75, 3.05) is 6.54 Å². The topological polar surface area (TPSA) is 19.0 Å². The predicted molar refractivity (Wildman–Crippen MR) is 46.6 cm³/mol. The van der Waals surface area contributed by atoms with Gasteiger partial charge in [-0.3, -0.25) is 0 Å². The van der Waals surface area contributed by atoms with E-state index in [1.165, 1.54) is 0 Å². The smallest absolute Gasteiger partial charge is 0 e. The van der Waals surface area contributed by atoms with Gasteiger partial charge in [-0.15, -0.1) is 25.0 Å². The van der Waals surface area contributed by atoms with Crippen LogP contribution in [0.4, 0.5) is 0 Å². The Morgan fingerprint density at radius 3 is 2.75 bits per heavy atom. The molecule has 0 fully saturated rings. The first kappa shape index (κ1) is 12.3. The third-order valence-corrected chi connectivity index (χ3v) is 1.44. The van der Waals surface area contributed by atoms with Gasteiger partial charge in [0.25, 0.3) is 0 Å². The molecule has 1 aromatic rings. The molecule has 12 heavy (non-hydrogen) atoms. The van der Waals surface area contributed by atoms with E-state index in [4.69, 9.17) is 0 Å². The Hall–Kier alpha value is 0.344. The van der Waals surface area contributed by atoms with Crippen LogP contribution in [-0.2, 0) is 39.3 Å². The van der Waals surface area contributed by atoms with Crippen LogP contribution in [0, 0.1) is 6.20 Å². The van der Waals surface area contributed by atoms with Crippen molar-refractivity contribution in [1.82, 2.24) is 4.57 Å². The largest absolute Gasteiger partial charge is 0.659 e. The molecule has 1 rings (SSSR count). The molecule has 0 saturated carbocycles. The van der Waals surface area contributed by atoms with E-state index < -0.39 is 0 Å². The molecule has 3 heteroatoms. The van der Waals surface area contributed by atoms with Gasteiger partial charge in [-0.05, 0) is 6.54 Å². The normalized spacial score (nSPS) is 9.92. The summed E-state index contributed by atoms with van der Waals surface area (Å²) in [5.41, 5.74) is 0. The molecule has 2 nitrogen and oxygen atoms in total. The van der Waals surface area contributed by atoms with Crippen molar-refractivity contribution >= 4 is 0 Å². The maximum absolute atomic E-state index is 4.36. The first-order valence-corrected chi connectivity index (χ1v) is 3.98. The molecule has 0 aromatic carbocycles. The first-order chi connectivity index (χ1) is 5.29. The van der Waals surface area contributed by atoms with Crippen molar-refractivity contribution in [2.24, 2.45) is 0 Å². The third kappa shape index (κ3) is 5.07. The summed E-state index contributed by atoms with van der Waals surface area (Å²) >= 11 is 0. The monoisotopic (exact) mass is 239 g/mol. The number of rotatable bonds is 4. The molecule has 0 aliphatic rings. The van der Waals surface area contributed by atoms with Gasteiger partial charge in [-0.25, -0.2) is 0 Å². The number of aromatic nitrogens is 1. The second-order valence-electron chi connectivity index (χ2n) is 2.83. The fourth-order valence-electron chi connectivity index (χ4n) is 0.891. The van der Waals surface area contributed by atoms with Crippen LogP contribution in [-0.4, -0.2) is 17.2 Å². The quantitative estimate of drug-likeness (QED) is 0.716. The van der Waals surface area contributed by atoms with E-state index in [0.29, 0.717) is 6.04 Å². The van der Waals surface area contributed by atoms with Crippen LogP contribution in [0.5, 0.6) is 0 Å². The van der Waals surface area contributed by atoms with Crippen molar-refractivity contribution in [1.29, 1.82) is 0 Å². The SMILES string of the molecule is CC(C)[N-]CCn1[c-]ccc1.[Y]. The summed E-state index contributed by atoms with van der Waals surface area (Å²) in [5.74, 6) is 0. The van der Waals surface area contributed by atoms with E-state index in [1.54, 1.807) is 0 Å². The summed E-state index contributed by atoms with van der Waals surface area (Å²) in [6.07, 6.45) is 5.08. The Balaban J connectivity index is 0.00000121. The van der Waals surface area contributed by atoms with Gasteiger partial charge in [-0.2, -0.15) is 12.1 Å². The van der Waals surface area contributed by atoms with Crippen molar-refractivity contribution in [3.8, 4) is 0 Å². The maximum Gasteiger partial charge on any atom is 0 e. The zero-order valence-electron chi connectivity index (χ0n) is 7.70. The average Bonchev–Trinajstić information content (AvgIpc) is 2.39. The van der Waals surface area contributed by atoms with E-state index in [2.05, 4.69) is 25.4 Å². The maximum atomic E-state index is 4.36. The summed E-state index contributed by atoms with van der Waals surface area (Å²) in [4.78, 5) is 0. The van der Waals surface area contributed by atoms with E-state index in [1.807, 2.05) is 22.9 Å². The molecular weight excluding hydrogens is 225 g/mol. The van der Waals surface area contributed by atoms with Gasteiger partial charge in [-0.1, -0.05) is 13.8 Å². The van der Waals surface area contributed by atoms with Gasteiger partial charge in [0.15, 0.2) is 0 Å². The van der Waals surface area contributed by atoms with Crippen LogP contribution in [0.1, 0.15) is 13.8 Å². The number of hydrogen-bond acceptors (Lipinski definition) is 0. The molecule has 0 saturated heterocycles. The molecule has 0 bridgehead atoms. The van der Waals surface area contributed by atoms with E-state index in [9.17, 15) is 0 Å². The van der Waals surface area contributed by atoms with Gasteiger partial charge >= 0.3 is 0 Å². The minimum absolute atomic E-state index is 0. The van der Waals surface area contributed by atoms with Gasteiger partial charge in [0.2, 0.25) is 0 Å². The zero-order valence-corrected chi connectivity index (χ0v) is 10.5. The Morgan fingerprint density at radius 1 is 1.50 bits per heavy atom. The third-order valence-electron chi connectivity index (χ3n) is 1.44. The standard InChI is InChI=1S/C9H14N2.Y/c1-9(2)10-5-8-11-6-3-4-7-11;/h3-4,6,9H,5,8H2,1-2H3;/q-2;. The molecular formula is C9H14N2Y-2. The molecule has 0 spiro atoms. The summed E-state index contributed by atoms with van der Waals surface area (Å²) in [7, 11) is 0. The minimum atomic E-state index is 0. The fraction of sp³-hybridized carbons (Fsp3) is 0.556. The Labute approximate surface area is 99.6 Å². The van der Waals surface area contributed by atoms with Crippen LogP contribution in [0.3, 0.4) is 0 Å². The fourth-order valence-corrected chi connectivity index (χ4v) is 0.891. The number of nitrogens with zero attached hydrogens (tertiary/aromatic N) is 2. The van der Waals surface area contributed by atoms with Gasteiger partial charge < -0.3 is 9.88 Å². The molecule has 1 aromatic heterocycles. The van der Waals surface area contributed by atoms with Gasteiger partial charge in [0.1, 0.15) is 0 Å². The zero-order chi connectivity index (χ0) is 8.10. The molecule has 1 radical (unpaired) electrons. The Morgan fingerprint density at radius 2 is 2.25 bits per heavy atom. The van der Waals surface area contributed by atoms with Gasteiger partial charge in [0.05, 0.1) is 0 Å². The Bertz CT molecular complexity index is 182. The average molecular weight is 239 g/mol. The van der Waals surface area contributed by atoms with Crippen molar-refractivity contribution in [3.63, 3.8) is 0 Å². The van der Waals surface area contributed by atoms with Gasteiger partial charge in [0, 0.05) is 32.7 Å². The molecule has 1 heterocycles. The van der Waals surface area contributed by atoms with E-state index in [-0.39, 0.29) is 32.7 Å². The second kappa shape index (κ2) is 6.82. The van der Waals surface area contributed by atoms with Crippen LogP contribution < -0.4 is 0 Å². The van der Waals surface area contributed by atoms with Crippen molar-refractivity contribution in [2.45, 2.75) is 26.4 Å².